The summed E-state index contributed by atoms with van der Waals surface area (Å²) in [6.07, 6.45) is -3.99. The van der Waals surface area contributed by atoms with E-state index in [1.54, 1.807) is 6.92 Å². The van der Waals surface area contributed by atoms with Crippen LogP contribution in [0.1, 0.15) is 30.4 Å². The second-order valence-electron chi connectivity index (χ2n) is 2.90. The molecule has 0 aliphatic carbocycles. The van der Waals surface area contributed by atoms with Crippen LogP contribution < -0.4 is 0 Å². The number of hydrogen-bond acceptors (Lipinski definition) is 2. The number of oxazole rings is 1. The molecule has 1 rings (SSSR count). The summed E-state index contributed by atoms with van der Waals surface area (Å²) in [4.78, 5) is 3.75. The van der Waals surface area contributed by atoms with Crippen LogP contribution in [-0.2, 0) is 6.42 Å². The van der Waals surface area contributed by atoms with Crippen molar-refractivity contribution in [2.45, 2.75) is 31.3 Å². The molecule has 2 nitrogen and oxygen atoms in total. The Morgan fingerprint density at radius 2 is 2.21 bits per heavy atom. The second-order valence-corrected chi connectivity index (χ2v) is 3.55. The van der Waals surface area contributed by atoms with Crippen LogP contribution in [0, 0.1) is 0 Å². The molecule has 6 heteroatoms. The van der Waals surface area contributed by atoms with Crippen molar-refractivity contribution >= 4 is 11.6 Å². The van der Waals surface area contributed by atoms with Crippen molar-refractivity contribution in [2.24, 2.45) is 0 Å². The first-order chi connectivity index (χ1) is 6.38. The average Bonchev–Trinajstić information content (AvgIpc) is 2.47. The van der Waals surface area contributed by atoms with Gasteiger partial charge in [-0.15, -0.1) is 11.6 Å². The fraction of sp³-hybridized carbons (Fsp3) is 0.625. The van der Waals surface area contributed by atoms with Crippen LogP contribution in [0.3, 0.4) is 0 Å². The van der Waals surface area contributed by atoms with Gasteiger partial charge in [-0.05, 0) is 6.92 Å². The number of alkyl halides is 4. The van der Waals surface area contributed by atoms with Crippen molar-refractivity contribution < 1.29 is 17.6 Å². The molecule has 0 N–H and O–H groups in total. The van der Waals surface area contributed by atoms with Crippen LogP contribution in [0.5, 0.6) is 0 Å². The summed E-state index contributed by atoms with van der Waals surface area (Å²) >= 11 is 5.63. The van der Waals surface area contributed by atoms with Crippen molar-refractivity contribution in [1.29, 1.82) is 0 Å². The largest absolute Gasteiger partial charge is 0.444 e. The molecule has 1 atom stereocenters. The molecule has 0 fully saturated rings. The second kappa shape index (κ2) is 4.21. The fourth-order valence-corrected chi connectivity index (χ4v) is 0.988. The SMILES string of the molecule is CC(Cl)c1ncc(CCC(F)(F)F)o1. The zero-order valence-electron chi connectivity index (χ0n) is 7.44. The monoisotopic (exact) mass is 227 g/mol. The summed E-state index contributed by atoms with van der Waals surface area (Å²) < 4.78 is 40.5. The van der Waals surface area contributed by atoms with Gasteiger partial charge in [-0.3, -0.25) is 0 Å². The fourth-order valence-electron chi connectivity index (χ4n) is 0.887. The molecule has 0 amide bonds. The zero-order valence-corrected chi connectivity index (χ0v) is 8.19. The van der Waals surface area contributed by atoms with Crippen molar-refractivity contribution in [1.82, 2.24) is 4.98 Å². The van der Waals surface area contributed by atoms with Gasteiger partial charge in [-0.25, -0.2) is 4.98 Å². The van der Waals surface area contributed by atoms with E-state index < -0.39 is 18.0 Å². The van der Waals surface area contributed by atoms with Crippen LogP contribution in [0.4, 0.5) is 13.2 Å². The lowest BCUT2D eigenvalue weighted by Gasteiger charge is -2.02. The summed E-state index contributed by atoms with van der Waals surface area (Å²) in [7, 11) is 0. The molecule has 0 spiro atoms. The van der Waals surface area contributed by atoms with Gasteiger partial charge in [0.25, 0.3) is 0 Å². The topological polar surface area (TPSA) is 26.0 Å². The van der Waals surface area contributed by atoms with E-state index >= 15 is 0 Å². The zero-order chi connectivity index (χ0) is 10.8. The number of halogens is 4. The third kappa shape index (κ3) is 3.57. The summed E-state index contributed by atoms with van der Waals surface area (Å²) in [6, 6.07) is 0. The Balaban J connectivity index is 2.52. The Kier molecular flexibility index (Phi) is 3.42. The summed E-state index contributed by atoms with van der Waals surface area (Å²) in [5.74, 6) is 0.466. The highest BCUT2D eigenvalue weighted by atomic mass is 35.5. The van der Waals surface area contributed by atoms with E-state index in [-0.39, 0.29) is 18.1 Å². The molecule has 1 aromatic rings. The number of aromatic nitrogens is 1. The highest BCUT2D eigenvalue weighted by Crippen LogP contribution is 2.24. The van der Waals surface area contributed by atoms with Crippen LogP contribution in [0.2, 0.25) is 0 Å². The highest BCUT2D eigenvalue weighted by molar-refractivity contribution is 6.20. The van der Waals surface area contributed by atoms with E-state index in [1.807, 2.05) is 0 Å². The van der Waals surface area contributed by atoms with Crippen LogP contribution in [0.15, 0.2) is 10.6 Å². The molecular formula is C8H9ClF3NO. The minimum Gasteiger partial charge on any atom is -0.444 e. The molecule has 0 radical (unpaired) electrons. The molecule has 0 saturated carbocycles. The van der Waals surface area contributed by atoms with Gasteiger partial charge in [0.2, 0.25) is 5.89 Å². The summed E-state index contributed by atoms with van der Waals surface area (Å²) in [6.45, 7) is 1.64. The highest BCUT2D eigenvalue weighted by Gasteiger charge is 2.27. The average molecular weight is 228 g/mol. The van der Waals surface area contributed by atoms with Crippen molar-refractivity contribution in [3.05, 3.63) is 17.8 Å². The Hall–Kier alpha value is -0.710. The predicted octanol–water partition coefficient (Wildman–Crippen LogP) is 3.47. The molecule has 0 aliphatic heterocycles. The van der Waals surface area contributed by atoms with Crippen molar-refractivity contribution in [3.63, 3.8) is 0 Å². The molecule has 0 saturated heterocycles. The molecule has 1 unspecified atom stereocenters. The number of aryl methyl sites for hydroxylation is 1. The van der Waals surface area contributed by atoms with E-state index in [1.165, 1.54) is 6.20 Å². The van der Waals surface area contributed by atoms with Gasteiger partial charge < -0.3 is 4.42 Å². The van der Waals surface area contributed by atoms with Gasteiger partial charge in [-0.2, -0.15) is 13.2 Å². The summed E-state index contributed by atoms with van der Waals surface area (Å²) in [5, 5.41) is -0.422. The molecule has 1 heterocycles. The van der Waals surface area contributed by atoms with E-state index in [0.717, 1.165) is 0 Å². The molecule has 0 aromatic carbocycles. The maximum atomic E-state index is 11.8. The van der Waals surface area contributed by atoms with Gasteiger partial charge in [-0.1, -0.05) is 0 Å². The molecule has 14 heavy (non-hydrogen) atoms. The van der Waals surface area contributed by atoms with Crippen molar-refractivity contribution in [2.75, 3.05) is 0 Å². The minimum atomic E-state index is -4.17. The lowest BCUT2D eigenvalue weighted by atomic mass is 10.2. The van der Waals surface area contributed by atoms with Crippen LogP contribution >= 0.6 is 11.6 Å². The molecule has 1 aromatic heterocycles. The van der Waals surface area contributed by atoms with Crippen LogP contribution in [-0.4, -0.2) is 11.2 Å². The molecule has 0 bridgehead atoms. The first-order valence-electron chi connectivity index (χ1n) is 4.04. The maximum Gasteiger partial charge on any atom is 0.389 e. The Morgan fingerprint density at radius 1 is 1.57 bits per heavy atom. The van der Waals surface area contributed by atoms with Gasteiger partial charge in [0.15, 0.2) is 0 Å². The standard InChI is InChI=1S/C8H9ClF3NO/c1-5(9)7-13-4-6(14-7)2-3-8(10,11)12/h4-5H,2-3H2,1H3. The first kappa shape index (κ1) is 11.4. The van der Waals surface area contributed by atoms with Crippen molar-refractivity contribution in [3.8, 4) is 0 Å². The molecule has 0 aliphatic rings. The van der Waals surface area contributed by atoms with Gasteiger partial charge in [0.1, 0.15) is 11.1 Å². The lowest BCUT2D eigenvalue weighted by Crippen LogP contribution is -2.08. The predicted molar refractivity (Wildman–Crippen MR) is 45.1 cm³/mol. The smallest absolute Gasteiger partial charge is 0.389 e. The Labute approximate surface area is 84.1 Å². The lowest BCUT2D eigenvalue weighted by molar-refractivity contribution is -0.134. The number of hydrogen-bond donors (Lipinski definition) is 0. The summed E-state index contributed by atoms with van der Waals surface area (Å²) in [5.41, 5.74) is 0. The van der Waals surface area contributed by atoms with E-state index in [4.69, 9.17) is 16.0 Å². The number of rotatable bonds is 3. The van der Waals surface area contributed by atoms with Gasteiger partial charge in [0, 0.05) is 6.42 Å². The number of nitrogens with zero attached hydrogens (tertiary/aromatic N) is 1. The maximum absolute atomic E-state index is 11.8. The minimum absolute atomic E-state index is 0.194. The van der Waals surface area contributed by atoms with E-state index in [0.29, 0.717) is 0 Å². The Bertz CT molecular complexity index is 295. The molecule has 80 valence electrons. The van der Waals surface area contributed by atoms with Crippen LogP contribution in [0.25, 0.3) is 0 Å². The van der Waals surface area contributed by atoms with E-state index in [2.05, 4.69) is 4.98 Å². The Morgan fingerprint density at radius 3 is 2.64 bits per heavy atom. The van der Waals surface area contributed by atoms with Gasteiger partial charge in [0.05, 0.1) is 12.6 Å². The molecular weight excluding hydrogens is 219 g/mol. The van der Waals surface area contributed by atoms with Gasteiger partial charge >= 0.3 is 6.18 Å². The third-order valence-electron chi connectivity index (χ3n) is 1.57. The quantitative estimate of drug-likeness (QED) is 0.739. The normalized spacial score (nSPS) is 14.4. The third-order valence-corrected chi connectivity index (χ3v) is 1.75. The first-order valence-corrected chi connectivity index (χ1v) is 4.47. The van der Waals surface area contributed by atoms with E-state index in [9.17, 15) is 13.2 Å².